The molecule has 3 heteroatoms. The molecule has 0 amide bonds. The molecule has 2 aliphatic rings. The average Bonchev–Trinajstić information content (AvgIpc) is 2.71. The molecule has 0 saturated carbocycles. The Kier molecular flexibility index (Phi) is 9.73. The Hall–Kier alpha value is -2.87. The van der Waals surface area contributed by atoms with Gasteiger partial charge in [0.15, 0.2) is 6.20 Å². The predicted octanol–water partition coefficient (Wildman–Crippen LogP) is 3.51. The molecule has 0 radical (unpaired) electrons. The number of pyridine rings is 1. The summed E-state index contributed by atoms with van der Waals surface area (Å²) in [7, 11) is 0. The molecular formula is C25H23IrN2. The maximum atomic E-state index is 3.89. The van der Waals surface area contributed by atoms with Crippen LogP contribution in [0.15, 0.2) is 91.3 Å². The molecule has 28 heavy (non-hydrogen) atoms. The van der Waals surface area contributed by atoms with Crippen molar-refractivity contribution in [2.45, 2.75) is 0 Å². The molecule has 0 spiro atoms. The van der Waals surface area contributed by atoms with E-state index >= 15 is 0 Å². The summed E-state index contributed by atoms with van der Waals surface area (Å²) in [5, 5.41) is 1.07. The molecule has 0 atom stereocenters. The van der Waals surface area contributed by atoms with Crippen molar-refractivity contribution in [3.8, 4) is 0 Å². The predicted molar refractivity (Wildman–Crippen MR) is 111 cm³/mol. The Balaban J connectivity index is 0.000000261. The fourth-order valence-electron chi connectivity index (χ4n) is 2.55. The molecule has 2 nitrogen and oxygen atoms in total. The fourth-order valence-corrected chi connectivity index (χ4v) is 2.55. The Bertz CT molecular complexity index is 998. The monoisotopic (exact) mass is 544 g/mol. The maximum absolute atomic E-state index is 3.89. The van der Waals surface area contributed by atoms with E-state index in [1.807, 2.05) is 107 Å². The van der Waals surface area contributed by atoms with Crippen LogP contribution in [0.3, 0.4) is 0 Å². The van der Waals surface area contributed by atoms with E-state index in [2.05, 4.69) is 25.6 Å². The molecule has 0 fully saturated rings. The summed E-state index contributed by atoms with van der Waals surface area (Å²) < 4.78 is 3.68. The van der Waals surface area contributed by atoms with Gasteiger partial charge in [-0.15, -0.1) is 29.8 Å². The van der Waals surface area contributed by atoms with Gasteiger partial charge < -0.3 is 12.0 Å². The van der Waals surface area contributed by atoms with Crippen molar-refractivity contribution in [2.75, 3.05) is 0 Å². The molecule has 0 unspecified atom stereocenters. The minimum atomic E-state index is 0. The van der Waals surface area contributed by atoms with E-state index in [1.165, 1.54) is 0 Å². The Morgan fingerprint density at radius 3 is 2.46 bits per heavy atom. The topological polar surface area (TPSA) is 8.91 Å². The van der Waals surface area contributed by atoms with Crippen molar-refractivity contribution in [3.05, 3.63) is 141 Å². The molecular weight excluding hydrogens is 521 g/mol. The quantitative estimate of drug-likeness (QED) is 0.385. The molecule has 0 N–H and O–H groups in total. The van der Waals surface area contributed by atoms with Crippen molar-refractivity contribution < 1.29 is 28.9 Å². The van der Waals surface area contributed by atoms with Gasteiger partial charge in [-0.05, 0) is 6.07 Å². The van der Waals surface area contributed by atoms with Gasteiger partial charge in [0.2, 0.25) is 0 Å². The van der Waals surface area contributed by atoms with Gasteiger partial charge >= 0.3 is 20.1 Å². The first-order valence-electron chi connectivity index (χ1n) is 8.33. The summed E-state index contributed by atoms with van der Waals surface area (Å²) in [5.41, 5.74) is 2.14. The summed E-state index contributed by atoms with van der Waals surface area (Å²) in [6, 6.07) is 18.1. The summed E-state index contributed by atoms with van der Waals surface area (Å²) in [5.74, 6) is 0. The third-order valence-corrected chi connectivity index (χ3v) is 3.85. The number of nitrogens with zero attached hydrogens (tertiary/aromatic N) is 2. The van der Waals surface area contributed by atoms with Crippen LogP contribution in [0.5, 0.6) is 0 Å². The minimum absolute atomic E-state index is 0. The SMILES string of the molecule is C=[N+]1C=CC=C[C-]1c1[c-]cccc1.C=[n+]1cccc/c1=C1/[C-]=CC=C[CH-]1.[CH3-].[Ir+3]. The zero-order valence-electron chi connectivity index (χ0n) is 15.9. The molecule has 2 heterocycles. The average molecular weight is 544 g/mol. The standard InChI is InChI=1S/2C12H10N.CH3.Ir/c2*1-13-10-6-5-9-12(13)11-7-3-2-4-8-11;;/h2*2-7,9-10H,1H2;1H3;/q3*-1;+3/b12-11-;;;. The number of hydrogen-bond donors (Lipinski definition) is 0. The van der Waals surface area contributed by atoms with E-state index in [4.69, 9.17) is 0 Å². The summed E-state index contributed by atoms with van der Waals surface area (Å²) in [6.45, 7) is 7.79. The Morgan fingerprint density at radius 2 is 1.82 bits per heavy atom. The van der Waals surface area contributed by atoms with E-state index in [0.717, 1.165) is 22.5 Å². The van der Waals surface area contributed by atoms with Crippen LogP contribution in [0.2, 0.25) is 0 Å². The van der Waals surface area contributed by atoms with Gasteiger partial charge in [0, 0.05) is 6.72 Å². The van der Waals surface area contributed by atoms with Gasteiger partial charge in [-0.3, -0.25) is 10.3 Å². The first-order chi connectivity index (χ1) is 12.8. The summed E-state index contributed by atoms with van der Waals surface area (Å²) in [6.07, 6.45) is 20.9. The number of hydrogen-bond acceptors (Lipinski definition) is 0. The maximum Gasteiger partial charge on any atom is 3.00 e. The van der Waals surface area contributed by atoms with Crippen molar-refractivity contribution in [1.29, 1.82) is 0 Å². The van der Waals surface area contributed by atoms with Gasteiger partial charge in [-0.25, -0.2) is 30.2 Å². The molecule has 0 bridgehead atoms. The van der Waals surface area contributed by atoms with Crippen LogP contribution in [0.1, 0.15) is 5.56 Å². The Morgan fingerprint density at radius 1 is 1.00 bits per heavy atom. The van der Waals surface area contributed by atoms with E-state index in [9.17, 15) is 0 Å². The van der Waals surface area contributed by atoms with Crippen LogP contribution < -0.4 is 9.59 Å². The van der Waals surface area contributed by atoms with E-state index in [0.29, 0.717) is 0 Å². The third kappa shape index (κ3) is 6.09. The van der Waals surface area contributed by atoms with Crippen LogP contribution in [0.4, 0.5) is 0 Å². The first kappa shape index (κ1) is 23.2. The number of allylic oxidation sites excluding steroid dienone is 6. The van der Waals surface area contributed by atoms with Gasteiger partial charge in [-0.2, -0.15) is 18.2 Å². The van der Waals surface area contributed by atoms with Crippen LogP contribution in [-0.2, 0) is 20.1 Å². The zero-order chi connectivity index (χ0) is 18.2. The normalized spacial score (nSPS) is 15.6. The summed E-state index contributed by atoms with van der Waals surface area (Å²) in [4.78, 5) is 0. The number of aromatic nitrogens is 1. The fraction of sp³-hybridized carbons (Fsp3) is 0. The van der Waals surface area contributed by atoms with Gasteiger partial charge in [0.25, 0.3) is 0 Å². The molecule has 142 valence electrons. The van der Waals surface area contributed by atoms with Crippen molar-refractivity contribution >= 4 is 12.3 Å². The van der Waals surface area contributed by atoms with E-state index in [-0.39, 0.29) is 27.5 Å². The molecule has 1 aliphatic heterocycles. The van der Waals surface area contributed by atoms with Crippen molar-refractivity contribution in [3.63, 3.8) is 0 Å². The molecule has 1 aliphatic carbocycles. The second kappa shape index (κ2) is 11.8. The first-order valence-corrected chi connectivity index (χ1v) is 8.33. The largest absolute Gasteiger partial charge is 3.00 e. The molecule has 2 aromatic rings. The minimum Gasteiger partial charge on any atom is -0.358 e. The van der Waals surface area contributed by atoms with Crippen LogP contribution in [-0.4, -0.2) is 11.3 Å². The van der Waals surface area contributed by atoms with E-state index < -0.39 is 0 Å². The van der Waals surface area contributed by atoms with Crippen LogP contribution in [0, 0.1) is 38.7 Å². The van der Waals surface area contributed by atoms with Crippen molar-refractivity contribution in [2.24, 2.45) is 0 Å². The summed E-state index contributed by atoms with van der Waals surface area (Å²) >= 11 is 0. The molecule has 1 aromatic heterocycles. The second-order valence-electron chi connectivity index (χ2n) is 5.66. The third-order valence-electron chi connectivity index (χ3n) is 3.85. The zero-order valence-corrected chi connectivity index (χ0v) is 18.3. The molecule has 4 rings (SSSR count). The van der Waals surface area contributed by atoms with Crippen molar-refractivity contribution in [1.82, 2.24) is 0 Å². The van der Waals surface area contributed by atoms with Gasteiger partial charge in [0.1, 0.15) is 6.72 Å². The smallest absolute Gasteiger partial charge is 0.358 e. The number of benzene rings is 1. The second-order valence-corrected chi connectivity index (χ2v) is 5.66. The molecule has 1 aromatic carbocycles. The van der Waals surface area contributed by atoms with E-state index in [1.54, 1.807) is 0 Å². The van der Waals surface area contributed by atoms with Gasteiger partial charge in [-0.1, -0.05) is 18.2 Å². The van der Waals surface area contributed by atoms with Crippen LogP contribution in [0.25, 0.3) is 5.57 Å². The van der Waals surface area contributed by atoms with Gasteiger partial charge in [0.05, 0.1) is 17.6 Å². The number of rotatable bonds is 1. The van der Waals surface area contributed by atoms with Crippen LogP contribution >= 0.6 is 0 Å². The Labute approximate surface area is 182 Å². The molecule has 0 saturated heterocycles.